The van der Waals surface area contributed by atoms with Gasteiger partial charge in [-0.05, 0) is 61.0 Å². The zero-order chi connectivity index (χ0) is 24.9. The van der Waals surface area contributed by atoms with Crippen LogP contribution in [0.4, 0.5) is 17.1 Å². The van der Waals surface area contributed by atoms with Crippen LogP contribution >= 0.6 is 11.3 Å². The quantitative estimate of drug-likeness (QED) is 0.279. The predicted octanol–water partition coefficient (Wildman–Crippen LogP) is 5.91. The number of hydrogen-bond donors (Lipinski definition) is 2. The second kappa shape index (κ2) is 10.5. The zero-order valence-corrected chi connectivity index (χ0v) is 20.4. The number of benzene rings is 3. The fourth-order valence-corrected chi connectivity index (χ4v) is 4.78. The molecule has 0 saturated heterocycles. The molecule has 0 atom stereocenters. The molecule has 7 nitrogen and oxygen atoms in total. The van der Waals surface area contributed by atoms with Gasteiger partial charge in [0.1, 0.15) is 17.1 Å². The molecule has 8 heteroatoms. The molecular formula is C28H24N4O3S. The highest BCUT2D eigenvalue weighted by Crippen LogP contribution is 2.31. The Bertz CT molecular complexity index is 1540. The van der Waals surface area contributed by atoms with Crippen LogP contribution in [0, 0.1) is 0 Å². The summed E-state index contributed by atoms with van der Waals surface area (Å²) in [5.41, 5.74) is 3.98. The van der Waals surface area contributed by atoms with Crippen molar-refractivity contribution in [3.63, 3.8) is 0 Å². The van der Waals surface area contributed by atoms with Crippen molar-refractivity contribution in [2.24, 2.45) is 0 Å². The molecule has 0 spiro atoms. The summed E-state index contributed by atoms with van der Waals surface area (Å²) < 4.78 is 6.85. The fraction of sp³-hybridized carbons (Fsp3) is 0.107. The van der Waals surface area contributed by atoms with Gasteiger partial charge < -0.3 is 15.4 Å². The molecule has 2 aromatic heterocycles. The molecule has 1 amide bonds. The van der Waals surface area contributed by atoms with Crippen molar-refractivity contribution in [2.75, 3.05) is 17.2 Å². The number of aromatic nitrogens is 2. The van der Waals surface area contributed by atoms with Crippen LogP contribution in [0.3, 0.4) is 0 Å². The Balaban J connectivity index is 1.30. The molecule has 0 fully saturated rings. The Labute approximate surface area is 212 Å². The number of ether oxygens (including phenoxy) is 1. The number of nitrogens with zero attached hydrogens (tertiary/aromatic N) is 2. The number of anilines is 3. The van der Waals surface area contributed by atoms with E-state index in [-0.39, 0.29) is 18.0 Å². The van der Waals surface area contributed by atoms with Crippen molar-refractivity contribution in [1.82, 2.24) is 9.55 Å². The standard InChI is InChI=1S/C28H24N4O3S/c1-2-35-23-14-8-19(9-15-23)24-17-36-27-26(24)28(34)32(18-29-27)16-25(33)31-22-12-10-21(11-13-22)30-20-6-4-3-5-7-20/h3-15,17-18,30H,2,16H2,1H3,(H,31,33). The molecular weight excluding hydrogens is 472 g/mol. The summed E-state index contributed by atoms with van der Waals surface area (Å²) in [6, 6.07) is 24.8. The smallest absolute Gasteiger partial charge is 0.263 e. The van der Waals surface area contributed by atoms with Crippen LogP contribution < -0.4 is 20.9 Å². The summed E-state index contributed by atoms with van der Waals surface area (Å²) in [5.74, 6) is 0.469. The van der Waals surface area contributed by atoms with Crippen LogP contribution in [0.1, 0.15) is 6.92 Å². The highest BCUT2D eigenvalue weighted by molar-refractivity contribution is 7.17. The van der Waals surface area contributed by atoms with Crippen LogP contribution in [0.25, 0.3) is 21.3 Å². The lowest BCUT2D eigenvalue weighted by Crippen LogP contribution is -2.27. The lowest BCUT2D eigenvalue weighted by Gasteiger charge is -2.10. The second-order valence-electron chi connectivity index (χ2n) is 8.08. The van der Waals surface area contributed by atoms with E-state index in [4.69, 9.17) is 4.74 Å². The number of amides is 1. The van der Waals surface area contributed by atoms with Crippen LogP contribution in [-0.4, -0.2) is 22.1 Å². The van der Waals surface area contributed by atoms with Crippen molar-refractivity contribution in [2.45, 2.75) is 13.5 Å². The van der Waals surface area contributed by atoms with Gasteiger partial charge in [0.25, 0.3) is 5.56 Å². The molecule has 0 saturated carbocycles. The van der Waals surface area contributed by atoms with E-state index in [1.54, 1.807) is 0 Å². The maximum Gasteiger partial charge on any atom is 0.263 e. The monoisotopic (exact) mass is 496 g/mol. The van der Waals surface area contributed by atoms with E-state index in [1.807, 2.05) is 91.2 Å². The van der Waals surface area contributed by atoms with E-state index in [1.165, 1.54) is 22.2 Å². The first-order valence-corrected chi connectivity index (χ1v) is 12.4. The zero-order valence-electron chi connectivity index (χ0n) is 19.6. The molecule has 5 aromatic rings. The van der Waals surface area contributed by atoms with E-state index < -0.39 is 0 Å². The number of thiophene rings is 1. The van der Waals surface area contributed by atoms with Gasteiger partial charge in [0.2, 0.25) is 5.91 Å². The summed E-state index contributed by atoms with van der Waals surface area (Å²) in [7, 11) is 0. The molecule has 0 aliphatic rings. The van der Waals surface area contributed by atoms with Gasteiger partial charge in [-0.25, -0.2) is 4.98 Å². The van der Waals surface area contributed by atoms with E-state index in [0.717, 1.165) is 28.3 Å². The van der Waals surface area contributed by atoms with Crippen LogP contribution in [-0.2, 0) is 11.3 Å². The van der Waals surface area contributed by atoms with Gasteiger partial charge in [0.15, 0.2) is 0 Å². The number of carbonyl (C=O) groups excluding carboxylic acids is 1. The van der Waals surface area contributed by atoms with E-state index in [0.29, 0.717) is 22.5 Å². The first-order valence-electron chi connectivity index (χ1n) is 11.5. The van der Waals surface area contributed by atoms with Crippen molar-refractivity contribution in [3.05, 3.63) is 101 Å². The minimum Gasteiger partial charge on any atom is -0.494 e. The van der Waals surface area contributed by atoms with Crippen LogP contribution in [0.2, 0.25) is 0 Å². The summed E-state index contributed by atoms with van der Waals surface area (Å²) in [6.07, 6.45) is 1.43. The third-order valence-electron chi connectivity index (χ3n) is 5.58. The number of carbonyl (C=O) groups is 1. The van der Waals surface area contributed by atoms with E-state index in [2.05, 4.69) is 15.6 Å². The van der Waals surface area contributed by atoms with Crippen molar-refractivity contribution >= 4 is 44.5 Å². The molecule has 5 rings (SSSR count). The Hall–Kier alpha value is -4.43. The molecule has 2 heterocycles. The molecule has 3 aromatic carbocycles. The third kappa shape index (κ3) is 5.13. The Morgan fingerprint density at radius 1 is 0.944 bits per heavy atom. The van der Waals surface area contributed by atoms with Crippen molar-refractivity contribution < 1.29 is 9.53 Å². The number of rotatable bonds is 8. The predicted molar refractivity (Wildman–Crippen MR) is 145 cm³/mol. The number of nitrogens with one attached hydrogen (secondary N) is 2. The summed E-state index contributed by atoms with van der Waals surface area (Å²) >= 11 is 1.41. The molecule has 0 aliphatic heterocycles. The molecule has 0 radical (unpaired) electrons. The SMILES string of the molecule is CCOc1ccc(-c2csc3ncn(CC(=O)Nc4ccc(Nc5ccccc5)cc4)c(=O)c23)cc1. The van der Waals surface area contributed by atoms with Gasteiger partial charge in [-0.15, -0.1) is 11.3 Å². The Kier molecular flexibility index (Phi) is 6.77. The maximum atomic E-state index is 13.3. The highest BCUT2D eigenvalue weighted by Gasteiger charge is 2.15. The molecule has 0 bridgehead atoms. The number of hydrogen-bond acceptors (Lipinski definition) is 6. The molecule has 0 aliphatic carbocycles. The molecule has 36 heavy (non-hydrogen) atoms. The molecule has 0 unspecified atom stereocenters. The van der Waals surface area contributed by atoms with Gasteiger partial charge in [-0.1, -0.05) is 30.3 Å². The van der Waals surface area contributed by atoms with E-state index in [9.17, 15) is 9.59 Å². The summed E-state index contributed by atoms with van der Waals surface area (Å²) in [4.78, 5) is 31.0. The lowest BCUT2D eigenvalue weighted by molar-refractivity contribution is -0.116. The molecule has 2 N–H and O–H groups in total. The first-order chi connectivity index (χ1) is 17.6. The average Bonchev–Trinajstić information content (AvgIpc) is 3.33. The average molecular weight is 497 g/mol. The van der Waals surface area contributed by atoms with Gasteiger partial charge >= 0.3 is 0 Å². The van der Waals surface area contributed by atoms with Gasteiger partial charge in [0, 0.05) is 28.0 Å². The van der Waals surface area contributed by atoms with Crippen LogP contribution in [0.5, 0.6) is 5.75 Å². The van der Waals surface area contributed by atoms with Gasteiger partial charge in [0.05, 0.1) is 18.3 Å². The second-order valence-corrected chi connectivity index (χ2v) is 8.94. The first kappa shape index (κ1) is 23.3. The fourth-order valence-electron chi connectivity index (χ4n) is 3.87. The van der Waals surface area contributed by atoms with Crippen molar-refractivity contribution in [3.8, 4) is 16.9 Å². The highest BCUT2D eigenvalue weighted by atomic mass is 32.1. The molecule has 180 valence electrons. The lowest BCUT2D eigenvalue weighted by atomic mass is 10.1. The van der Waals surface area contributed by atoms with Crippen molar-refractivity contribution in [1.29, 1.82) is 0 Å². The number of para-hydroxylation sites is 1. The Morgan fingerprint density at radius 2 is 1.64 bits per heavy atom. The summed E-state index contributed by atoms with van der Waals surface area (Å²) in [5, 5.41) is 8.58. The van der Waals surface area contributed by atoms with E-state index >= 15 is 0 Å². The minimum absolute atomic E-state index is 0.135. The maximum absolute atomic E-state index is 13.3. The number of fused-ring (bicyclic) bond motifs is 1. The normalized spacial score (nSPS) is 10.8. The van der Waals surface area contributed by atoms with Gasteiger partial charge in [-0.3, -0.25) is 14.2 Å². The summed E-state index contributed by atoms with van der Waals surface area (Å²) in [6.45, 7) is 2.39. The van der Waals surface area contributed by atoms with Crippen LogP contribution in [0.15, 0.2) is 95.4 Å². The Morgan fingerprint density at radius 3 is 2.36 bits per heavy atom. The third-order valence-corrected chi connectivity index (χ3v) is 6.47. The van der Waals surface area contributed by atoms with Gasteiger partial charge in [-0.2, -0.15) is 0 Å². The largest absolute Gasteiger partial charge is 0.494 e. The minimum atomic E-state index is -0.306. The topological polar surface area (TPSA) is 85.2 Å².